The van der Waals surface area contributed by atoms with E-state index in [0.29, 0.717) is 15.6 Å². The molecule has 2 rings (SSSR count). The molecule has 4 N–H and O–H groups in total. The highest BCUT2D eigenvalue weighted by Crippen LogP contribution is 2.23. The van der Waals surface area contributed by atoms with E-state index in [9.17, 15) is 19.5 Å². The first-order chi connectivity index (χ1) is 11.7. The number of amides is 3. The van der Waals surface area contributed by atoms with E-state index in [1.165, 1.54) is 17.9 Å². The van der Waals surface area contributed by atoms with E-state index in [1.807, 2.05) is 0 Å². The Morgan fingerprint density at radius 2 is 2.08 bits per heavy atom. The lowest BCUT2D eigenvalue weighted by Gasteiger charge is -2.24. The van der Waals surface area contributed by atoms with Gasteiger partial charge in [0.05, 0.1) is 6.10 Å². The summed E-state index contributed by atoms with van der Waals surface area (Å²) in [6.45, 7) is 1.40. The number of likely N-dealkylation sites (tertiary alicyclic amines) is 1. The number of primary amides is 1. The summed E-state index contributed by atoms with van der Waals surface area (Å²) in [6.07, 6.45) is -0.581. The van der Waals surface area contributed by atoms with Crippen LogP contribution in [0.15, 0.2) is 18.2 Å². The summed E-state index contributed by atoms with van der Waals surface area (Å²) in [7, 11) is 0. The average Bonchev–Trinajstić information content (AvgIpc) is 2.91. The van der Waals surface area contributed by atoms with Gasteiger partial charge in [-0.2, -0.15) is 0 Å². The molecule has 3 atom stereocenters. The molecule has 0 aliphatic carbocycles. The van der Waals surface area contributed by atoms with Crippen molar-refractivity contribution < 1.29 is 19.5 Å². The zero-order valence-corrected chi connectivity index (χ0v) is 15.0. The molecule has 0 saturated carbocycles. The van der Waals surface area contributed by atoms with Crippen LogP contribution in [0.25, 0.3) is 0 Å². The maximum Gasteiger partial charge on any atom is 0.243 e. The van der Waals surface area contributed by atoms with Crippen molar-refractivity contribution in [2.45, 2.75) is 38.0 Å². The molecule has 0 radical (unpaired) electrons. The van der Waals surface area contributed by atoms with Crippen molar-refractivity contribution in [2.24, 2.45) is 5.73 Å². The second-order valence-electron chi connectivity index (χ2n) is 5.98. The standard InChI is InChI=1S/C16H19Cl2N3O4/c1-8(22)21-7-11(23)6-14(21)16(25)20-13(15(19)24)4-9-2-3-10(17)5-12(9)18/h2-3,5,11,13-14,23H,4,6-7H2,1H3,(H2,19,24)(H,20,25)/t11-,13-,14+/m1/s1. The van der Waals surface area contributed by atoms with Gasteiger partial charge in [-0.3, -0.25) is 14.4 Å². The monoisotopic (exact) mass is 387 g/mol. The number of hydrogen-bond acceptors (Lipinski definition) is 4. The minimum absolute atomic E-state index is 0.0810. The Morgan fingerprint density at radius 1 is 1.40 bits per heavy atom. The van der Waals surface area contributed by atoms with Gasteiger partial charge < -0.3 is 21.1 Å². The largest absolute Gasteiger partial charge is 0.391 e. The highest BCUT2D eigenvalue weighted by atomic mass is 35.5. The van der Waals surface area contributed by atoms with Crippen molar-refractivity contribution in [3.63, 3.8) is 0 Å². The second-order valence-corrected chi connectivity index (χ2v) is 6.82. The molecule has 3 amide bonds. The number of rotatable bonds is 5. The fraction of sp³-hybridized carbons (Fsp3) is 0.438. The van der Waals surface area contributed by atoms with E-state index < -0.39 is 30.0 Å². The molecule has 0 spiro atoms. The van der Waals surface area contributed by atoms with E-state index in [1.54, 1.807) is 12.1 Å². The van der Waals surface area contributed by atoms with Gasteiger partial charge in [0.25, 0.3) is 0 Å². The quantitative estimate of drug-likeness (QED) is 0.681. The van der Waals surface area contributed by atoms with E-state index in [0.717, 1.165) is 0 Å². The van der Waals surface area contributed by atoms with Gasteiger partial charge in [-0.15, -0.1) is 0 Å². The maximum absolute atomic E-state index is 12.5. The first-order valence-corrected chi connectivity index (χ1v) is 8.43. The van der Waals surface area contributed by atoms with Crippen molar-refractivity contribution in [1.29, 1.82) is 0 Å². The number of nitrogens with one attached hydrogen (secondary N) is 1. The second kappa shape index (κ2) is 8.03. The third kappa shape index (κ3) is 4.84. The fourth-order valence-electron chi connectivity index (χ4n) is 2.81. The molecule has 1 fully saturated rings. The van der Waals surface area contributed by atoms with E-state index >= 15 is 0 Å². The summed E-state index contributed by atoms with van der Waals surface area (Å²) >= 11 is 11.9. The molecule has 0 unspecified atom stereocenters. The highest BCUT2D eigenvalue weighted by molar-refractivity contribution is 6.35. The highest BCUT2D eigenvalue weighted by Gasteiger charge is 2.38. The minimum Gasteiger partial charge on any atom is -0.391 e. The first kappa shape index (κ1) is 19.5. The van der Waals surface area contributed by atoms with Crippen LogP contribution >= 0.6 is 23.2 Å². The predicted octanol–water partition coefficient (Wildman–Crippen LogP) is 0.488. The molecule has 0 aromatic heterocycles. The van der Waals surface area contributed by atoms with E-state index in [-0.39, 0.29) is 25.3 Å². The number of β-amino-alcohol motifs (C(OH)–C–C–N with tert-alkyl or cyclic N) is 1. The van der Waals surface area contributed by atoms with Gasteiger partial charge >= 0.3 is 0 Å². The number of carbonyl (C=O) groups is 3. The number of nitrogens with zero attached hydrogens (tertiary/aromatic N) is 1. The molecule has 1 saturated heterocycles. The molecule has 9 heteroatoms. The number of aliphatic hydroxyl groups excluding tert-OH is 1. The van der Waals surface area contributed by atoms with Crippen molar-refractivity contribution in [3.05, 3.63) is 33.8 Å². The topological polar surface area (TPSA) is 113 Å². The van der Waals surface area contributed by atoms with Gasteiger partial charge in [0.15, 0.2) is 0 Å². The third-order valence-corrected chi connectivity index (χ3v) is 4.67. The Labute approximate surface area is 155 Å². The van der Waals surface area contributed by atoms with Crippen molar-refractivity contribution in [1.82, 2.24) is 10.2 Å². The Kier molecular flexibility index (Phi) is 6.26. The Hall–Kier alpha value is -1.83. The maximum atomic E-state index is 12.5. The molecule has 1 aliphatic rings. The van der Waals surface area contributed by atoms with Crippen molar-refractivity contribution in [2.75, 3.05) is 6.54 Å². The Balaban J connectivity index is 2.12. The third-order valence-electron chi connectivity index (χ3n) is 4.09. The summed E-state index contributed by atoms with van der Waals surface area (Å²) < 4.78 is 0. The lowest BCUT2D eigenvalue weighted by molar-refractivity contribution is -0.138. The van der Waals surface area contributed by atoms with Gasteiger partial charge in [0.2, 0.25) is 17.7 Å². The van der Waals surface area contributed by atoms with Gasteiger partial charge in [-0.05, 0) is 17.7 Å². The number of hydrogen-bond donors (Lipinski definition) is 3. The van der Waals surface area contributed by atoms with Crippen molar-refractivity contribution in [3.8, 4) is 0 Å². The van der Waals surface area contributed by atoms with Crippen LogP contribution in [0.3, 0.4) is 0 Å². The Bertz CT molecular complexity index is 698. The zero-order valence-electron chi connectivity index (χ0n) is 13.5. The first-order valence-electron chi connectivity index (χ1n) is 7.68. The van der Waals surface area contributed by atoms with Gasteiger partial charge in [-0.1, -0.05) is 29.3 Å². The summed E-state index contributed by atoms with van der Waals surface area (Å²) in [5, 5.41) is 13.1. The molecule has 0 bridgehead atoms. The summed E-state index contributed by atoms with van der Waals surface area (Å²) in [5.41, 5.74) is 5.98. The molecule has 136 valence electrons. The molecule has 1 aromatic rings. The molecule has 1 aromatic carbocycles. The van der Waals surface area contributed by atoms with Crippen LogP contribution in [-0.4, -0.2) is 52.5 Å². The molecular weight excluding hydrogens is 369 g/mol. The van der Waals surface area contributed by atoms with Crippen LogP contribution in [0.5, 0.6) is 0 Å². The van der Waals surface area contributed by atoms with Crippen LogP contribution in [-0.2, 0) is 20.8 Å². The van der Waals surface area contributed by atoms with E-state index in [4.69, 9.17) is 28.9 Å². The number of carbonyl (C=O) groups excluding carboxylic acids is 3. The van der Waals surface area contributed by atoms with Crippen LogP contribution < -0.4 is 11.1 Å². The van der Waals surface area contributed by atoms with Crippen LogP contribution in [0.2, 0.25) is 10.0 Å². The smallest absolute Gasteiger partial charge is 0.243 e. The van der Waals surface area contributed by atoms with Gasteiger partial charge in [0.1, 0.15) is 12.1 Å². The lowest BCUT2D eigenvalue weighted by atomic mass is 10.0. The molecule has 1 heterocycles. The predicted molar refractivity (Wildman–Crippen MR) is 93.1 cm³/mol. The minimum atomic E-state index is -1.00. The number of halogens is 2. The molecular formula is C16H19Cl2N3O4. The molecule has 1 aliphatic heterocycles. The van der Waals surface area contributed by atoms with E-state index in [2.05, 4.69) is 5.32 Å². The van der Waals surface area contributed by atoms with Gasteiger partial charge in [-0.25, -0.2) is 0 Å². The lowest BCUT2D eigenvalue weighted by Crippen LogP contribution is -2.52. The van der Waals surface area contributed by atoms with Crippen LogP contribution in [0.1, 0.15) is 18.9 Å². The number of benzene rings is 1. The Morgan fingerprint density at radius 3 is 2.64 bits per heavy atom. The number of aliphatic hydroxyl groups is 1. The number of nitrogens with two attached hydrogens (primary N) is 1. The summed E-state index contributed by atoms with van der Waals surface area (Å²) in [6, 6.07) is 2.96. The van der Waals surface area contributed by atoms with Crippen LogP contribution in [0.4, 0.5) is 0 Å². The summed E-state index contributed by atoms with van der Waals surface area (Å²) in [4.78, 5) is 37.1. The normalized spacial score (nSPS) is 21.0. The zero-order chi connectivity index (χ0) is 18.7. The molecule has 25 heavy (non-hydrogen) atoms. The average molecular weight is 388 g/mol. The SMILES string of the molecule is CC(=O)N1C[C@H](O)C[C@H]1C(=O)N[C@H](Cc1ccc(Cl)cc1Cl)C(N)=O. The van der Waals surface area contributed by atoms with Crippen molar-refractivity contribution >= 4 is 40.9 Å². The fourth-order valence-corrected chi connectivity index (χ4v) is 3.29. The summed E-state index contributed by atoms with van der Waals surface area (Å²) in [5.74, 6) is -1.60. The van der Waals surface area contributed by atoms with Crippen LogP contribution in [0, 0.1) is 0 Å². The molecule has 7 nitrogen and oxygen atoms in total. The van der Waals surface area contributed by atoms with Gasteiger partial charge in [0, 0.05) is 36.4 Å².